The molecule has 3 heterocycles. The third-order valence-electron chi connectivity index (χ3n) is 4.79. The highest BCUT2D eigenvalue weighted by atomic mass is 35.5. The van der Waals surface area contributed by atoms with Crippen LogP contribution >= 0.6 is 22.9 Å². The Kier molecular flexibility index (Phi) is 4.91. The van der Waals surface area contributed by atoms with E-state index >= 15 is 0 Å². The number of carbonyl (C=O) groups is 3. The second kappa shape index (κ2) is 7.37. The molecule has 1 saturated heterocycles. The van der Waals surface area contributed by atoms with Crippen molar-refractivity contribution >= 4 is 51.4 Å². The molecule has 1 aliphatic heterocycles. The number of hydrogen-bond acceptors (Lipinski definition) is 5. The fourth-order valence-corrected chi connectivity index (χ4v) is 4.18. The van der Waals surface area contributed by atoms with Gasteiger partial charge in [0.2, 0.25) is 0 Å². The predicted octanol–water partition coefficient (Wildman–Crippen LogP) is 2.75. The highest BCUT2D eigenvalue weighted by Crippen LogP contribution is 2.27. The lowest BCUT2D eigenvalue weighted by molar-refractivity contribution is -0.127. The van der Waals surface area contributed by atoms with E-state index in [1.807, 2.05) is 6.92 Å². The number of aromatic amines is 1. The average molecular weight is 417 g/mol. The molecule has 3 aromatic rings. The topological polar surface area (TPSA) is 86.4 Å². The molecule has 7 nitrogen and oxygen atoms in total. The van der Waals surface area contributed by atoms with Crippen LogP contribution in [0.3, 0.4) is 0 Å². The van der Waals surface area contributed by atoms with Crippen molar-refractivity contribution in [3.63, 3.8) is 0 Å². The van der Waals surface area contributed by atoms with Crippen LogP contribution in [0.2, 0.25) is 5.02 Å². The summed E-state index contributed by atoms with van der Waals surface area (Å²) in [5.41, 5.74) is 1.39. The summed E-state index contributed by atoms with van der Waals surface area (Å²) >= 11 is 7.63. The Morgan fingerprint density at radius 3 is 2.54 bits per heavy atom. The molecule has 0 saturated carbocycles. The van der Waals surface area contributed by atoms with E-state index in [0.717, 1.165) is 5.01 Å². The number of benzene rings is 1. The number of fused-ring (bicyclic) bond motifs is 1. The molecule has 0 spiro atoms. The van der Waals surface area contributed by atoms with Gasteiger partial charge in [-0.2, -0.15) is 0 Å². The minimum atomic E-state index is -0.603. The Morgan fingerprint density at radius 1 is 1.14 bits per heavy atom. The molecule has 2 aromatic heterocycles. The van der Waals surface area contributed by atoms with Gasteiger partial charge in [0.15, 0.2) is 0 Å². The van der Waals surface area contributed by atoms with Gasteiger partial charge in [0, 0.05) is 48.7 Å². The first kappa shape index (κ1) is 18.6. The Labute approximate surface area is 169 Å². The molecule has 2 amide bonds. The van der Waals surface area contributed by atoms with Crippen molar-refractivity contribution in [3.8, 4) is 0 Å². The molecule has 0 radical (unpaired) electrons. The van der Waals surface area contributed by atoms with Crippen LogP contribution < -0.4 is 0 Å². The zero-order chi connectivity index (χ0) is 19.8. The average Bonchev–Trinajstić information content (AvgIpc) is 3.33. The molecule has 0 unspecified atom stereocenters. The first-order chi connectivity index (χ1) is 13.5. The van der Waals surface area contributed by atoms with Gasteiger partial charge in [-0.1, -0.05) is 17.7 Å². The number of aryl methyl sites for hydroxylation is 1. The number of ketones is 1. The summed E-state index contributed by atoms with van der Waals surface area (Å²) in [6.45, 7) is 3.18. The zero-order valence-corrected chi connectivity index (χ0v) is 16.6. The van der Waals surface area contributed by atoms with Crippen molar-refractivity contribution in [2.24, 2.45) is 0 Å². The number of thiazole rings is 1. The van der Waals surface area contributed by atoms with Gasteiger partial charge < -0.3 is 14.8 Å². The predicted molar refractivity (Wildman–Crippen MR) is 107 cm³/mol. The summed E-state index contributed by atoms with van der Waals surface area (Å²) in [5, 5.41) is 3.54. The van der Waals surface area contributed by atoms with E-state index in [0.29, 0.717) is 47.8 Å². The number of nitrogens with one attached hydrogen (secondary N) is 1. The smallest absolute Gasteiger partial charge is 0.295 e. The number of halogens is 1. The van der Waals surface area contributed by atoms with E-state index in [1.165, 1.54) is 22.4 Å². The normalized spacial score (nSPS) is 14.5. The first-order valence-electron chi connectivity index (χ1n) is 8.76. The minimum absolute atomic E-state index is 0.147. The number of H-pyrrole nitrogens is 1. The van der Waals surface area contributed by atoms with Crippen molar-refractivity contribution in [1.82, 2.24) is 19.8 Å². The Bertz CT molecular complexity index is 1080. The van der Waals surface area contributed by atoms with Gasteiger partial charge in [0.05, 0.1) is 15.6 Å². The summed E-state index contributed by atoms with van der Waals surface area (Å²) in [5.74, 6) is -1.34. The lowest BCUT2D eigenvalue weighted by Crippen LogP contribution is -2.52. The quantitative estimate of drug-likeness (QED) is 0.525. The summed E-state index contributed by atoms with van der Waals surface area (Å²) in [6.07, 6.45) is 1.52. The molecule has 144 valence electrons. The van der Waals surface area contributed by atoms with Crippen molar-refractivity contribution in [1.29, 1.82) is 0 Å². The van der Waals surface area contributed by atoms with Gasteiger partial charge in [-0.05, 0) is 19.1 Å². The van der Waals surface area contributed by atoms with Gasteiger partial charge in [-0.15, -0.1) is 11.3 Å². The molecular formula is C19H17ClN4O3S. The second-order valence-electron chi connectivity index (χ2n) is 6.53. The minimum Gasteiger partial charge on any atom is -0.360 e. The van der Waals surface area contributed by atoms with E-state index in [2.05, 4.69) is 9.97 Å². The van der Waals surface area contributed by atoms with Crippen molar-refractivity contribution < 1.29 is 14.4 Å². The number of Topliss-reactive ketones (excluding diaryl/α,β-unsaturated/α-hetero) is 1. The standard InChI is InChI=1S/C19H17ClN4O3S/c1-11-22-15(10-28-11)18(26)23-5-7-24(8-6-23)19(27)17(25)12-9-21-14-4-2-3-13(20)16(12)14/h2-4,9-10,21H,5-8H2,1H3. The van der Waals surface area contributed by atoms with Crippen molar-refractivity contribution in [3.05, 3.63) is 51.1 Å². The first-order valence-corrected chi connectivity index (χ1v) is 10.0. The van der Waals surface area contributed by atoms with Crippen molar-refractivity contribution in [2.45, 2.75) is 6.92 Å². The van der Waals surface area contributed by atoms with E-state index in [4.69, 9.17) is 11.6 Å². The lowest BCUT2D eigenvalue weighted by atomic mass is 10.1. The van der Waals surface area contributed by atoms with Gasteiger partial charge in [-0.25, -0.2) is 4.98 Å². The van der Waals surface area contributed by atoms with Crippen LogP contribution in [0, 0.1) is 6.92 Å². The van der Waals surface area contributed by atoms with E-state index in [9.17, 15) is 14.4 Å². The van der Waals surface area contributed by atoms with Crippen LogP contribution in [0.15, 0.2) is 29.8 Å². The molecule has 0 atom stereocenters. The van der Waals surface area contributed by atoms with Gasteiger partial charge >= 0.3 is 0 Å². The summed E-state index contributed by atoms with van der Waals surface area (Å²) in [4.78, 5) is 48.3. The Morgan fingerprint density at radius 2 is 1.86 bits per heavy atom. The summed E-state index contributed by atoms with van der Waals surface area (Å²) in [7, 11) is 0. The molecule has 1 aromatic carbocycles. The Hall–Kier alpha value is -2.71. The fraction of sp³-hybridized carbons (Fsp3) is 0.263. The molecule has 0 bridgehead atoms. The number of piperazine rings is 1. The maximum absolute atomic E-state index is 12.8. The molecule has 9 heteroatoms. The third kappa shape index (κ3) is 3.29. The monoisotopic (exact) mass is 416 g/mol. The molecular weight excluding hydrogens is 400 g/mol. The zero-order valence-electron chi connectivity index (χ0n) is 15.1. The lowest BCUT2D eigenvalue weighted by Gasteiger charge is -2.34. The number of amides is 2. The number of rotatable bonds is 3. The van der Waals surface area contributed by atoms with Gasteiger partial charge in [0.1, 0.15) is 5.69 Å². The van der Waals surface area contributed by atoms with Gasteiger partial charge in [0.25, 0.3) is 17.6 Å². The molecule has 4 rings (SSSR count). The Balaban J connectivity index is 1.45. The molecule has 1 aliphatic rings. The summed E-state index contributed by atoms with van der Waals surface area (Å²) < 4.78 is 0. The largest absolute Gasteiger partial charge is 0.360 e. The fourth-order valence-electron chi connectivity index (χ4n) is 3.31. The number of hydrogen-bond donors (Lipinski definition) is 1. The van der Waals surface area contributed by atoms with Crippen LogP contribution in [-0.4, -0.2) is 63.5 Å². The molecule has 0 aliphatic carbocycles. The van der Waals surface area contributed by atoms with Crippen LogP contribution in [0.25, 0.3) is 10.9 Å². The highest BCUT2D eigenvalue weighted by Gasteiger charge is 2.30. The number of aromatic nitrogens is 2. The van der Waals surface area contributed by atoms with E-state index in [1.54, 1.807) is 28.5 Å². The van der Waals surface area contributed by atoms with Crippen LogP contribution in [0.1, 0.15) is 25.9 Å². The van der Waals surface area contributed by atoms with Crippen LogP contribution in [-0.2, 0) is 4.79 Å². The second-order valence-corrected chi connectivity index (χ2v) is 8.00. The van der Waals surface area contributed by atoms with E-state index in [-0.39, 0.29) is 11.5 Å². The summed E-state index contributed by atoms with van der Waals surface area (Å²) in [6, 6.07) is 5.26. The molecule has 28 heavy (non-hydrogen) atoms. The van der Waals surface area contributed by atoms with Crippen LogP contribution in [0.5, 0.6) is 0 Å². The van der Waals surface area contributed by atoms with E-state index < -0.39 is 11.7 Å². The number of carbonyl (C=O) groups excluding carboxylic acids is 3. The van der Waals surface area contributed by atoms with Crippen LogP contribution in [0.4, 0.5) is 0 Å². The highest BCUT2D eigenvalue weighted by molar-refractivity contribution is 7.09. The molecule has 1 N–H and O–H groups in total. The van der Waals surface area contributed by atoms with Crippen molar-refractivity contribution in [2.75, 3.05) is 26.2 Å². The maximum Gasteiger partial charge on any atom is 0.295 e. The SMILES string of the molecule is Cc1nc(C(=O)N2CCN(C(=O)C(=O)c3c[nH]c4cccc(Cl)c34)CC2)cs1. The molecule has 1 fully saturated rings. The third-order valence-corrected chi connectivity index (χ3v) is 5.87. The number of nitrogens with zero attached hydrogens (tertiary/aromatic N) is 3. The van der Waals surface area contributed by atoms with Gasteiger partial charge in [-0.3, -0.25) is 14.4 Å². The maximum atomic E-state index is 12.8.